The molecule has 3 N–H and O–H groups in total. The molecule has 0 bridgehead atoms. The SMILES string of the molecule is CC(O)C(C)OC(CN)c1cccc2ccccc12. The summed E-state index contributed by atoms with van der Waals surface area (Å²) < 4.78 is 5.88. The molecule has 0 aliphatic carbocycles. The van der Waals surface area contributed by atoms with Crippen molar-refractivity contribution >= 4 is 10.8 Å². The zero-order valence-corrected chi connectivity index (χ0v) is 11.4. The molecule has 3 unspecified atom stereocenters. The highest BCUT2D eigenvalue weighted by molar-refractivity contribution is 5.86. The lowest BCUT2D eigenvalue weighted by Gasteiger charge is -2.24. The topological polar surface area (TPSA) is 55.5 Å². The van der Waals surface area contributed by atoms with E-state index in [0.29, 0.717) is 6.54 Å². The average molecular weight is 259 g/mol. The number of rotatable bonds is 5. The van der Waals surface area contributed by atoms with Crippen LogP contribution in [0.15, 0.2) is 42.5 Å². The zero-order chi connectivity index (χ0) is 13.8. The summed E-state index contributed by atoms with van der Waals surface area (Å²) in [6.07, 6.45) is -0.952. The van der Waals surface area contributed by atoms with Gasteiger partial charge in [-0.2, -0.15) is 0 Å². The van der Waals surface area contributed by atoms with Crippen LogP contribution in [0.2, 0.25) is 0 Å². The molecule has 0 fully saturated rings. The van der Waals surface area contributed by atoms with Crippen LogP contribution in [0.3, 0.4) is 0 Å². The lowest BCUT2D eigenvalue weighted by atomic mass is 10.00. The Bertz CT molecular complexity index is 534. The highest BCUT2D eigenvalue weighted by Crippen LogP contribution is 2.27. The smallest absolute Gasteiger partial charge is 0.0958 e. The van der Waals surface area contributed by atoms with Crippen LogP contribution in [0.5, 0.6) is 0 Å². The van der Waals surface area contributed by atoms with Gasteiger partial charge in [0.2, 0.25) is 0 Å². The van der Waals surface area contributed by atoms with E-state index in [1.807, 2.05) is 31.2 Å². The van der Waals surface area contributed by atoms with Crippen LogP contribution >= 0.6 is 0 Å². The zero-order valence-electron chi connectivity index (χ0n) is 11.4. The monoisotopic (exact) mass is 259 g/mol. The largest absolute Gasteiger partial charge is 0.391 e. The molecule has 0 aliphatic rings. The van der Waals surface area contributed by atoms with Crippen molar-refractivity contribution in [3.63, 3.8) is 0 Å². The van der Waals surface area contributed by atoms with E-state index in [9.17, 15) is 5.11 Å². The molecule has 2 rings (SSSR count). The third-order valence-corrected chi connectivity index (χ3v) is 3.44. The first-order valence-electron chi connectivity index (χ1n) is 6.64. The van der Waals surface area contributed by atoms with E-state index in [1.165, 1.54) is 5.39 Å². The fourth-order valence-corrected chi connectivity index (χ4v) is 2.16. The third kappa shape index (κ3) is 3.13. The molecule has 2 aromatic carbocycles. The van der Waals surface area contributed by atoms with Crippen molar-refractivity contribution in [3.05, 3.63) is 48.0 Å². The van der Waals surface area contributed by atoms with Gasteiger partial charge in [-0.15, -0.1) is 0 Å². The second-order valence-corrected chi connectivity index (χ2v) is 4.87. The molecule has 0 amide bonds. The second-order valence-electron chi connectivity index (χ2n) is 4.87. The van der Waals surface area contributed by atoms with E-state index in [0.717, 1.165) is 10.9 Å². The Hall–Kier alpha value is -1.42. The molecule has 0 heterocycles. The van der Waals surface area contributed by atoms with Crippen molar-refractivity contribution in [2.45, 2.75) is 32.2 Å². The first-order valence-corrected chi connectivity index (χ1v) is 6.64. The molecule has 0 spiro atoms. The van der Waals surface area contributed by atoms with Crippen LogP contribution in [0, 0.1) is 0 Å². The quantitative estimate of drug-likeness (QED) is 0.868. The summed E-state index contributed by atoms with van der Waals surface area (Å²) in [5.74, 6) is 0. The minimum atomic E-state index is -0.510. The predicted octanol–water partition coefficient (Wildman–Crippen LogP) is 2.63. The maximum atomic E-state index is 9.56. The Morgan fingerprint density at radius 3 is 2.47 bits per heavy atom. The number of ether oxygens (including phenoxy) is 1. The van der Waals surface area contributed by atoms with Gasteiger partial charge >= 0.3 is 0 Å². The van der Waals surface area contributed by atoms with Gasteiger partial charge in [-0.05, 0) is 30.2 Å². The summed E-state index contributed by atoms with van der Waals surface area (Å²) in [5, 5.41) is 11.9. The Morgan fingerprint density at radius 2 is 1.79 bits per heavy atom. The van der Waals surface area contributed by atoms with E-state index in [1.54, 1.807) is 6.92 Å². The lowest BCUT2D eigenvalue weighted by Crippen LogP contribution is -2.28. The maximum absolute atomic E-state index is 9.56. The van der Waals surface area contributed by atoms with Gasteiger partial charge in [0.25, 0.3) is 0 Å². The molecule has 0 radical (unpaired) electrons. The summed E-state index contributed by atoms with van der Waals surface area (Å²) in [7, 11) is 0. The van der Waals surface area contributed by atoms with E-state index in [-0.39, 0.29) is 12.2 Å². The molecule has 102 valence electrons. The van der Waals surface area contributed by atoms with E-state index >= 15 is 0 Å². The van der Waals surface area contributed by atoms with Gasteiger partial charge < -0.3 is 15.6 Å². The minimum absolute atomic E-state index is 0.198. The summed E-state index contributed by atoms with van der Waals surface area (Å²) in [6.45, 7) is 3.98. The number of fused-ring (bicyclic) bond motifs is 1. The van der Waals surface area contributed by atoms with Crippen molar-refractivity contribution in [1.82, 2.24) is 0 Å². The van der Waals surface area contributed by atoms with Crippen LogP contribution in [-0.2, 0) is 4.74 Å². The molecule has 3 atom stereocenters. The van der Waals surface area contributed by atoms with Crippen LogP contribution in [0.4, 0.5) is 0 Å². The number of nitrogens with two attached hydrogens (primary N) is 1. The van der Waals surface area contributed by atoms with E-state index < -0.39 is 6.10 Å². The maximum Gasteiger partial charge on any atom is 0.0958 e. The standard InChI is InChI=1S/C16H21NO2/c1-11(18)12(2)19-16(10-17)15-9-5-7-13-6-3-4-8-14(13)15/h3-9,11-12,16,18H,10,17H2,1-2H3. The Kier molecular flexibility index (Phi) is 4.53. The average Bonchev–Trinajstić information content (AvgIpc) is 2.44. The van der Waals surface area contributed by atoms with E-state index in [4.69, 9.17) is 10.5 Å². The first-order chi connectivity index (χ1) is 9.13. The lowest BCUT2D eigenvalue weighted by molar-refractivity contribution is -0.0586. The van der Waals surface area contributed by atoms with E-state index in [2.05, 4.69) is 18.2 Å². The molecular formula is C16H21NO2. The molecule has 3 nitrogen and oxygen atoms in total. The van der Waals surface area contributed by atoms with Crippen molar-refractivity contribution in [2.24, 2.45) is 5.73 Å². The van der Waals surface area contributed by atoms with Gasteiger partial charge in [-0.1, -0.05) is 42.5 Å². The normalized spacial score (nSPS) is 16.2. The second kappa shape index (κ2) is 6.15. The number of aliphatic hydroxyl groups is 1. The highest BCUT2D eigenvalue weighted by atomic mass is 16.5. The van der Waals surface area contributed by atoms with Gasteiger partial charge in [-0.3, -0.25) is 0 Å². The Labute approximate surface area is 114 Å². The fraction of sp³-hybridized carbons (Fsp3) is 0.375. The van der Waals surface area contributed by atoms with Crippen LogP contribution in [0.25, 0.3) is 10.8 Å². The van der Waals surface area contributed by atoms with Crippen molar-refractivity contribution < 1.29 is 9.84 Å². The molecule has 0 aliphatic heterocycles. The van der Waals surface area contributed by atoms with Gasteiger partial charge in [0.15, 0.2) is 0 Å². The summed E-state index contributed by atoms with van der Waals surface area (Å²) in [6, 6.07) is 14.3. The summed E-state index contributed by atoms with van der Waals surface area (Å²) in [5.41, 5.74) is 6.91. The summed E-state index contributed by atoms with van der Waals surface area (Å²) >= 11 is 0. The molecule has 0 saturated carbocycles. The highest BCUT2D eigenvalue weighted by Gasteiger charge is 2.18. The van der Waals surface area contributed by atoms with Crippen molar-refractivity contribution in [3.8, 4) is 0 Å². The van der Waals surface area contributed by atoms with Gasteiger partial charge in [-0.25, -0.2) is 0 Å². The van der Waals surface area contributed by atoms with Gasteiger partial charge in [0.1, 0.15) is 0 Å². The van der Waals surface area contributed by atoms with Crippen LogP contribution < -0.4 is 5.73 Å². The number of aliphatic hydroxyl groups excluding tert-OH is 1. The van der Waals surface area contributed by atoms with Crippen LogP contribution in [0.1, 0.15) is 25.5 Å². The van der Waals surface area contributed by atoms with Crippen LogP contribution in [-0.4, -0.2) is 23.9 Å². The number of benzene rings is 2. The Balaban J connectivity index is 2.35. The molecule has 0 saturated heterocycles. The predicted molar refractivity (Wildman–Crippen MR) is 78.0 cm³/mol. The van der Waals surface area contributed by atoms with Crippen molar-refractivity contribution in [1.29, 1.82) is 0 Å². The molecular weight excluding hydrogens is 238 g/mol. The van der Waals surface area contributed by atoms with Crippen molar-refractivity contribution in [2.75, 3.05) is 6.54 Å². The molecule has 2 aromatic rings. The minimum Gasteiger partial charge on any atom is -0.391 e. The van der Waals surface area contributed by atoms with Gasteiger partial charge in [0, 0.05) is 6.54 Å². The first kappa shape index (κ1) is 14.0. The molecule has 19 heavy (non-hydrogen) atoms. The van der Waals surface area contributed by atoms with Gasteiger partial charge in [0.05, 0.1) is 18.3 Å². The molecule has 3 heteroatoms. The number of hydrogen-bond donors (Lipinski definition) is 2. The Morgan fingerprint density at radius 1 is 1.11 bits per heavy atom. The number of hydrogen-bond acceptors (Lipinski definition) is 3. The molecule has 0 aromatic heterocycles. The third-order valence-electron chi connectivity index (χ3n) is 3.44. The fourth-order valence-electron chi connectivity index (χ4n) is 2.16. The summed E-state index contributed by atoms with van der Waals surface area (Å²) in [4.78, 5) is 0.